The molecule has 19 heavy (non-hydrogen) atoms. The number of carboxylic acid groups (broad SMARTS) is 1. The summed E-state index contributed by atoms with van der Waals surface area (Å²) in [6, 6.07) is 2.45. The fraction of sp³-hybridized carbons (Fsp3) is 0.273. The maximum absolute atomic E-state index is 11.0. The lowest BCUT2D eigenvalue weighted by molar-refractivity contribution is -0.401. The Balaban J connectivity index is 2.47. The van der Waals surface area contributed by atoms with Crippen molar-refractivity contribution in [3.63, 3.8) is 0 Å². The first-order valence-corrected chi connectivity index (χ1v) is 5.38. The van der Waals surface area contributed by atoms with Crippen molar-refractivity contribution < 1.29 is 23.7 Å². The molecule has 0 saturated carbocycles. The third-order valence-corrected chi connectivity index (χ3v) is 2.38. The molecule has 0 aliphatic rings. The van der Waals surface area contributed by atoms with Crippen molar-refractivity contribution in [1.29, 1.82) is 0 Å². The van der Waals surface area contributed by atoms with Gasteiger partial charge in [0.2, 0.25) is 5.76 Å². The summed E-state index contributed by atoms with van der Waals surface area (Å²) in [6.07, 6.45) is 0. The molecule has 0 atom stereocenters. The van der Waals surface area contributed by atoms with Gasteiger partial charge in [0.25, 0.3) is 5.89 Å². The second-order valence-electron chi connectivity index (χ2n) is 4.09. The van der Waals surface area contributed by atoms with Gasteiger partial charge in [-0.3, -0.25) is 10.1 Å². The van der Waals surface area contributed by atoms with Crippen molar-refractivity contribution in [2.45, 2.75) is 19.8 Å². The molecular formula is C11H10N2O6. The van der Waals surface area contributed by atoms with Crippen LogP contribution in [0.15, 0.2) is 21.0 Å². The minimum absolute atomic E-state index is 0.0149. The van der Waals surface area contributed by atoms with Crippen LogP contribution in [0.25, 0.3) is 11.7 Å². The van der Waals surface area contributed by atoms with E-state index in [0.29, 0.717) is 0 Å². The lowest BCUT2D eigenvalue weighted by Gasteiger charge is -1.98. The van der Waals surface area contributed by atoms with Crippen molar-refractivity contribution in [3.05, 3.63) is 33.7 Å². The largest absolute Gasteiger partial charge is 0.475 e. The van der Waals surface area contributed by atoms with Gasteiger partial charge in [-0.25, -0.2) is 9.78 Å². The Labute approximate surface area is 106 Å². The number of carboxylic acids is 1. The van der Waals surface area contributed by atoms with E-state index in [1.807, 2.05) is 0 Å². The molecule has 2 rings (SSSR count). The van der Waals surface area contributed by atoms with E-state index in [1.165, 1.54) is 6.07 Å². The Hall–Kier alpha value is -2.64. The summed E-state index contributed by atoms with van der Waals surface area (Å²) in [4.78, 5) is 24.8. The predicted octanol–water partition coefficient (Wildman–Crippen LogP) is 2.66. The maximum Gasteiger partial charge on any atom is 0.433 e. The molecule has 0 radical (unpaired) electrons. The molecule has 0 aliphatic carbocycles. The number of furan rings is 1. The van der Waals surface area contributed by atoms with Gasteiger partial charge in [0.15, 0.2) is 5.76 Å². The summed E-state index contributed by atoms with van der Waals surface area (Å²) >= 11 is 0. The van der Waals surface area contributed by atoms with E-state index in [0.717, 1.165) is 6.07 Å². The number of oxazole rings is 1. The summed E-state index contributed by atoms with van der Waals surface area (Å²) in [6.45, 7) is 3.53. The number of nitrogens with zero attached hydrogens (tertiary/aromatic N) is 2. The standard InChI is InChI=1S/C11H10N2O6/c1-5(2)8-9(11(14)15)19-10(12-8)6-3-4-7(18-6)13(16)17/h3-5H,1-2H3,(H,14,15). The van der Waals surface area contributed by atoms with E-state index in [-0.39, 0.29) is 29.0 Å². The third-order valence-electron chi connectivity index (χ3n) is 2.38. The zero-order valence-corrected chi connectivity index (χ0v) is 10.1. The molecule has 0 aliphatic heterocycles. The molecule has 2 aromatic heterocycles. The Morgan fingerprint density at radius 1 is 1.42 bits per heavy atom. The van der Waals surface area contributed by atoms with E-state index >= 15 is 0 Å². The van der Waals surface area contributed by atoms with E-state index in [2.05, 4.69) is 4.98 Å². The van der Waals surface area contributed by atoms with Gasteiger partial charge >= 0.3 is 11.9 Å². The molecule has 0 saturated heterocycles. The number of aromatic carboxylic acids is 1. The topological polar surface area (TPSA) is 120 Å². The lowest BCUT2D eigenvalue weighted by atomic mass is 10.1. The molecule has 8 nitrogen and oxygen atoms in total. The molecule has 0 unspecified atom stereocenters. The van der Waals surface area contributed by atoms with Crippen molar-refractivity contribution >= 4 is 11.9 Å². The van der Waals surface area contributed by atoms with Crippen molar-refractivity contribution in [1.82, 2.24) is 4.98 Å². The van der Waals surface area contributed by atoms with Crippen molar-refractivity contribution in [3.8, 4) is 11.7 Å². The number of hydrogen-bond donors (Lipinski definition) is 1. The monoisotopic (exact) mass is 266 g/mol. The molecule has 1 N–H and O–H groups in total. The predicted molar refractivity (Wildman–Crippen MR) is 61.9 cm³/mol. The highest BCUT2D eigenvalue weighted by atomic mass is 16.6. The minimum atomic E-state index is -1.25. The van der Waals surface area contributed by atoms with E-state index in [1.54, 1.807) is 13.8 Å². The van der Waals surface area contributed by atoms with Crippen molar-refractivity contribution in [2.75, 3.05) is 0 Å². The third kappa shape index (κ3) is 2.32. The fourth-order valence-electron chi connectivity index (χ4n) is 1.52. The van der Waals surface area contributed by atoms with Gasteiger partial charge < -0.3 is 13.9 Å². The van der Waals surface area contributed by atoms with E-state index in [4.69, 9.17) is 13.9 Å². The molecule has 0 bridgehead atoms. The minimum Gasteiger partial charge on any atom is -0.475 e. The van der Waals surface area contributed by atoms with Gasteiger partial charge in [-0.05, 0) is 12.0 Å². The Morgan fingerprint density at radius 2 is 2.11 bits per heavy atom. The van der Waals surface area contributed by atoms with Gasteiger partial charge in [0, 0.05) is 0 Å². The van der Waals surface area contributed by atoms with Crippen LogP contribution < -0.4 is 0 Å². The number of aromatic nitrogens is 1. The van der Waals surface area contributed by atoms with Gasteiger partial charge in [-0.2, -0.15) is 0 Å². The highest BCUT2D eigenvalue weighted by Crippen LogP contribution is 2.29. The molecule has 0 amide bonds. The lowest BCUT2D eigenvalue weighted by Crippen LogP contribution is -2.01. The molecule has 2 heterocycles. The normalized spacial score (nSPS) is 10.9. The van der Waals surface area contributed by atoms with Crippen LogP contribution in [0, 0.1) is 10.1 Å². The summed E-state index contributed by atoms with van der Waals surface area (Å²) in [5.41, 5.74) is 0.265. The Morgan fingerprint density at radius 3 is 2.53 bits per heavy atom. The number of hydrogen-bond acceptors (Lipinski definition) is 6. The molecule has 0 aromatic carbocycles. The molecule has 8 heteroatoms. The summed E-state index contributed by atoms with van der Waals surface area (Å²) in [5.74, 6) is -2.23. The average Bonchev–Trinajstić information content (AvgIpc) is 2.95. The summed E-state index contributed by atoms with van der Waals surface area (Å²) in [7, 11) is 0. The Kier molecular flexibility index (Phi) is 3.07. The van der Waals surface area contributed by atoms with E-state index < -0.39 is 16.8 Å². The Bertz CT molecular complexity index is 639. The second kappa shape index (κ2) is 4.56. The highest BCUT2D eigenvalue weighted by Gasteiger charge is 2.25. The van der Waals surface area contributed by atoms with Gasteiger partial charge in [0.05, 0.1) is 11.8 Å². The van der Waals surface area contributed by atoms with Gasteiger partial charge in [-0.15, -0.1) is 0 Å². The molecular weight excluding hydrogens is 256 g/mol. The SMILES string of the molecule is CC(C)c1nc(-c2ccc([N+](=O)[O-])o2)oc1C(=O)O. The van der Waals surface area contributed by atoms with Crippen LogP contribution in [0.4, 0.5) is 5.88 Å². The van der Waals surface area contributed by atoms with Gasteiger partial charge in [0.1, 0.15) is 4.92 Å². The smallest absolute Gasteiger partial charge is 0.433 e. The average molecular weight is 266 g/mol. The first-order chi connectivity index (χ1) is 8.90. The van der Waals surface area contributed by atoms with E-state index in [9.17, 15) is 14.9 Å². The molecule has 2 aromatic rings. The van der Waals surface area contributed by atoms with Crippen molar-refractivity contribution in [2.24, 2.45) is 0 Å². The van der Waals surface area contributed by atoms with Crippen LogP contribution >= 0.6 is 0 Å². The quantitative estimate of drug-likeness (QED) is 0.667. The van der Waals surface area contributed by atoms with Crippen LogP contribution in [-0.4, -0.2) is 21.0 Å². The van der Waals surface area contributed by atoms with Crippen LogP contribution in [0.2, 0.25) is 0 Å². The second-order valence-corrected chi connectivity index (χ2v) is 4.09. The maximum atomic E-state index is 11.0. The first kappa shape index (κ1) is 12.8. The summed E-state index contributed by atoms with van der Waals surface area (Å²) in [5, 5.41) is 19.5. The van der Waals surface area contributed by atoms with Crippen LogP contribution in [0.3, 0.4) is 0 Å². The number of nitro groups is 1. The first-order valence-electron chi connectivity index (χ1n) is 5.38. The zero-order valence-electron chi connectivity index (χ0n) is 10.1. The fourth-order valence-corrected chi connectivity index (χ4v) is 1.52. The summed E-state index contributed by atoms with van der Waals surface area (Å²) < 4.78 is 10.0. The molecule has 0 fully saturated rings. The van der Waals surface area contributed by atoms with Gasteiger partial charge in [-0.1, -0.05) is 13.8 Å². The molecule has 100 valence electrons. The van der Waals surface area contributed by atoms with Crippen LogP contribution in [0.1, 0.15) is 36.0 Å². The molecule has 0 spiro atoms. The van der Waals surface area contributed by atoms with Crippen LogP contribution in [-0.2, 0) is 0 Å². The number of carbonyl (C=O) groups is 1. The zero-order chi connectivity index (χ0) is 14.2. The van der Waals surface area contributed by atoms with Crippen LogP contribution in [0.5, 0.6) is 0 Å². The number of rotatable bonds is 4. The highest BCUT2D eigenvalue weighted by molar-refractivity contribution is 5.86.